The van der Waals surface area contributed by atoms with E-state index in [9.17, 15) is 14.3 Å². The molecule has 1 amide bonds. The maximum atomic E-state index is 13.8. The monoisotopic (exact) mass is 485 g/mol. The number of anilines is 2. The molecule has 8 heteroatoms. The zero-order chi connectivity index (χ0) is 25.4. The highest BCUT2D eigenvalue weighted by atomic mass is 19.1. The number of benzene rings is 2. The third-order valence-electron chi connectivity index (χ3n) is 6.81. The van der Waals surface area contributed by atoms with Crippen molar-refractivity contribution in [3.8, 4) is 11.3 Å². The minimum Gasteiger partial charge on any atom is -0.392 e. The summed E-state index contributed by atoms with van der Waals surface area (Å²) in [6.45, 7) is 7.20. The van der Waals surface area contributed by atoms with Crippen molar-refractivity contribution in [3.63, 3.8) is 0 Å². The Labute approximate surface area is 209 Å². The van der Waals surface area contributed by atoms with Gasteiger partial charge < -0.3 is 19.9 Å². The minimum atomic E-state index is -0.387. The Morgan fingerprint density at radius 1 is 1.06 bits per heavy atom. The summed E-state index contributed by atoms with van der Waals surface area (Å²) in [7, 11) is 0. The number of carbonyl (C=O) groups excluding carboxylic acids is 1. The fraction of sp³-hybridized carbons (Fsp3) is 0.250. The number of nitrogens with zero attached hydrogens (tertiary/aromatic N) is 4. The Bertz CT molecular complexity index is 1460. The molecule has 0 saturated heterocycles. The molecule has 184 valence electrons. The molecule has 2 N–H and O–H groups in total. The third-order valence-corrected chi connectivity index (χ3v) is 6.81. The van der Waals surface area contributed by atoms with Crippen LogP contribution in [0.1, 0.15) is 38.3 Å². The quantitative estimate of drug-likeness (QED) is 0.406. The number of hydrogen-bond acceptors (Lipinski definition) is 5. The zero-order valence-corrected chi connectivity index (χ0v) is 20.5. The number of aryl methyl sites for hydroxylation is 2. The van der Waals surface area contributed by atoms with E-state index in [-0.39, 0.29) is 24.9 Å². The number of aromatic nitrogens is 3. The van der Waals surface area contributed by atoms with Crippen LogP contribution in [0.5, 0.6) is 0 Å². The molecule has 3 heterocycles. The molecule has 7 nitrogen and oxygen atoms in total. The summed E-state index contributed by atoms with van der Waals surface area (Å²) in [5.41, 5.74) is 7.55. The standard InChI is InChI=1S/C28H28FN5O2/c1-17-5-4-6-24(19(17)3)31-28-30-13-18(2)26(32-28)22-12-25-27(36)34(10-9-33(25)15-22)14-21-11-23(29)8-7-20(21)16-35/h4-8,11-13,15,35H,9-10,14,16H2,1-3H3,(H,30,31,32). The first-order valence-corrected chi connectivity index (χ1v) is 11.9. The number of aliphatic hydroxyl groups is 1. The van der Waals surface area contributed by atoms with Crippen molar-refractivity contribution in [2.24, 2.45) is 0 Å². The molecule has 1 aliphatic rings. The second-order valence-electron chi connectivity index (χ2n) is 9.20. The van der Waals surface area contributed by atoms with Crippen molar-refractivity contribution in [1.82, 2.24) is 19.4 Å². The molecule has 0 saturated carbocycles. The van der Waals surface area contributed by atoms with Crippen molar-refractivity contribution >= 4 is 17.5 Å². The lowest BCUT2D eigenvalue weighted by atomic mass is 10.1. The predicted octanol–water partition coefficient (Wildman–Crippen LogP) is 4.90. The van der Waals surface area contributed by atoms with Gasteiger partial charge in [-0.15, -0.1) is 0 Å². The van der Waals surface area contributed by atoms with Gasteiger partial charge in [-0.2, -0.15) is 0 Å². The number of carbonyl (C=O) groups is 1. The van der Waals surface area contributed by atoms with E-state index in [0.717, 1.165) is 28.1 Å². The molecule has 1 aliphatic heterocycles. The van der Waals surface area contributed by atoms with E-state index in [4.69, 9.17) is 4.98 Å². The molecular formula is C28H28FN5O2. The Morgan fingerprint density at radius 3 is 2.69 bits per heavy atom. The van der Waals surface area contributed by atoms with Crippen molar-refractivity contribution in [2.75, 3.05) is 11.9 Å². The minimum absolute atomic E-state index is 0.138. The summed E-state index contributed by atoms with van der Waals surface area (Å²) in [4.78, 5) is 24.2. The van der Waals surface area contributed by atoms with E-state index in [1.54, 1.807) is 17.2 Å². The van der Waals surface area contributed by atoms with Gasteiger partial charge in [-0.25, -0.2) is 14.4 Å². The fourth-order valence-corrected chi connectivity index (χ4v) is 4.55. The number of fused-ring (bicyclic) bond motifs is 1. The summed E-state index contributed by atoms with van der Waals surface area (Å²) < 4.78 is 15.7. The van der Waals surface area contributed by atoms with E-state index < -0.39 is 0 Å². The van der Waals surface area contributed by atoms with Gasteiger partial charge in [0.25, 0.3) is 5.91 Å². The molecule has 4 aromatic rings. The molecule has 36 heavy (non-hydrogen) atoms. The van der Waals surface area contributed by atoms with Crippen molar-refractivity contribution < 1.29 is 14.3 Å². The van der Waals surface area contributed by atoms with Gasteiger partial charge in [0.15, 0.2) is 0 Å². The van der Waals surface area contributed by atoms with Crippen LogP contribution < -0.4 is 5.32 Å². The molecule has 0 radical (unpaired) electrons. The highest BCUT2D eigenvalue weighted by Gasteiger charge is 2.27. The zero-order valence-electron chi connectivity index (χ0n) is 20.5. The summed E-state index contributed by atoms with van der Waals surface area (Å²) in [6.07, 6.45) is 3.73. The average molecular weight is 486 g/mol. The largest absolute Gasteiger partial charge is 0.392 e. The van der Waals surface area contributed by atoms with Crippen LogP contribution in [0.2, 0.25) is 0 Å². The van der Waals surface area contributed by atoms with Crippen LogP contribution in [0.3, 0.4) is 0 Å². The summed E-state index contributed by atoms with van der Waals surface area (Å²) >= 11 is 0. The van der Waals surface area contributed by atoms with E-state index in [1.165, 1.54) is 17.7 Å². The number of amides is 1. The van der Waals surface area contributed by atoms with Gasteiger partial charge in [0.05, 0.1) is 12.3 Å². The molecule has 0 aliphatic carbocycles. The molecule has 5 rings (SSSR count). The molecule has 0 bridgehead atoms. The molecule has 0 fully saturated rings. The molecular weight excluding hydrogens is 457 g/mol. The smallest absolute Gasteiger partial charge is 0.270 e. The van der Waals surface area contributed by atoms with Gasteiger partial charge in [-0.05, 0) is 72.9 Å². The highest BCUT2D eigenvalue weighted by molar-refractivity contribution is 5.95. The van der Waals surface area contributed by atoms with Crippen molar-refractivity contribution in [1.29, 1.82) is 0 Å². The average Bonchev–Trinajstić information content (AvgIpc) is 3.30. The first-order chi connectivity index (χ1) is 17.3. The summed E-state index contributed by atoms with van der Waals surface area (Å²) in [5.74, 6) is -0.0352. The number of halogens is 1. The van der Waals surface area contributed by atoms with Gasteiger partial charge in [0.1, 0.15) is 11.5 Å². The number of hydrogen-bond donors (Lipinski definition) is 2. The molecule has 0 spiro atoms. The first-order valence-electron chi connectivity index (χ1n) is 11.9. The SMILES string of the molecule is Cc1cnc(Nc2cccc(C)c2C)nc1-c1cc2n(c1)CCN(Cc1cc(F)ccc1CO)C2=O. The van der Waals surface area contributed by atoms with Crippen LogP contribution in [-0.2, 0) is 19.7 Å². The van der Waals surface area contributed by atoms with Crippen LogP contribution in [-0.4, -0.2) is 37.0 Å². The molecule has 0 atom stereocenters. The number of aliphatic hydroxyl groups excluding tert-OH is 1. The lowest BCUT2D eigenvalue weighted by Crippen LogP contribution is -2.39. The van der Waals surface area contributed by atoms with E-state index in [1.807, 2.05) is 35.9 Å². The normalized spacial score (nSPS) is 13.1. The lowest BCUT2D eigenvalue weighted by molar-refractivity contribution is 0.0689. The summed E-state index contributed by atoms with van der Waals surface area (Å²) in [5, 5.41) is 12.9. The van der Waals surface area contributed by atoms with Gasteiger partial charge in [0, 0.05) is 43.3 Å². The fourth-order valence-electron chi connectivity index (χ4n) is 4.55. The lowest BCUT2D eigenvalue weighted by Gasteiger charge is -2.29. The molecule has 0 unspecified atom stereocenters. The summed E-state index contributed by atoms with van der Waals surface area (Å²) in [6, 6.07) is 12.2. The Balaban J connectivity index is 1.41. The Hall–Kier alpha value is -4.04. The van der Waals surface area contributed by atoms with Crippen LogP contribution in [0, 0.1) is 26.6 Å². The Morgan fingerprint density at radius 2 is 1.89 bits per heavy atom. The topological polar surface area (TPSA) is 83.3 Å². The molecule has 2 aromatic heterocycles. The van der Waals surface area contributed by atoms with Crippen LogP contribution >= 0.6 is 0 Å². The second kappa shape index (κ2) is 9.54. The van der Waals surface area contributed by atoms with E-state index in [2.05, 4.69) is 30.2 Å². The van der Waals surface area contributed by atoms with Crippen molar-refractivity contribution in [2.45, 2.75) is 40.5 Å². The van der Waals surface area contributed by atoms with Crippen LogP contribution in [0.4, 0.5) is 16.0 Å². The number of nitrogens with one attached hydrogen (secondary N) is 1. The first kappa shape index (κ1) is 23.7. The van der Waals surface area contributed by atoms with Gasteiger partial charge in [0.2, 0.25) is 5.95 Å². The predicted molar refractivity (Wildman–Crippen MR) is 136 cm³/mol. The number of rotatable bonds is 6. The van der Waals surface area contributed by atoms with Crippen LogP contribution in [0.25, 0.3) is 11.3 Å². The molecule has 2 aromatic carbocycles. The van der Waals surface area contributed by atoms with Gasteiger partial charge >= 0.3 is 0 Å². The van der Waals surface area contributed by atoms with Crippen LogP contribution in [0.15, 0.2) is 54.9 Å². The maximum Gasteiger partial charge on any atom is 0.270 e. The highest BCUT2D eigenvalue weighted by Crippen LogP contribution is 2.29. The second-order valence-corrected chi connectivity index (χ2v) is 9.20. The maximum absolute atomic E-state index is 13.8. The third kappa shape index (κ3) is 4.47. The van der Waals surface area contributed by atoms with E-state index >= 15 is 0 Å². The van der Waals surface area contributed by atoms with Gasteiger partial charge in [-0.3, -0.25) is 4.79 Å². The van der Waals surface area contributed by atoms with Gasteiger partial charge in [-0.1, -0.05) is 18.2 Å². The van der Waals surface area contributed by atoms with E-state index in [0.29, 0.717) is 35.9 Å². The Kier molecular flexibility index (Phi) is 6.28. The van der Waals surface area contributed by atoms with Crippen molar-refractivity contribution in [3.05, 3.63) is 94.2 Å².